The monoisotopic (exact) mass is 362 g/mol. The first-order chi connectivity index (χ1) is 12.5. The maximum Gasteiger partial charge on any atom is 0.264 e. The predicted octanol–water partition coefficient (Wildman–Crippen LogP) is 2.38. The lowest BCUT2D eigenvalue weighted by molar-refractivity contribution is -0.166. The Bertz CT molecular complexity index is 660. The Morgan fingerprint density at radius 2 is 2.04 bits per heavy atom. The molecule has 2 fully saturated rings. The van der Waals surface area contributed by atoms with Crippen LogP contribution in [0.4, 0.5) is 4.39 Å². The van der Waals surface area contributed by atoms with Crippen molar-refractivity contribution < 1.29 is 19.1 Å². The van der Waals surface area contributed by atoms with Gasteiger partial charge in [0.1, 0.15) is 5.82 Å². The number of aliphatic hydroxyl groups is 1. The Morgan fingerprint density at radius 3 is 2.77 bits per heavy atom. The number of hydrogen-bond acceptors (Lipinski definition) is 3. The lowest BCUT2D eigenvalue weighted by Gasteiger charge is -2.39. The van der Waals surface area contributed by atoms with Crippen LogP contribution in [0.15, 0.2) is 24.3 Å². The number of rotatable bonds is 5. The molecule has 2 N–H and O–H groups in total. The third-order valence-electron chi connectivity index (χ3n) is 5.53. The van der Waals surface area contributed by atoms with Gasteiger partial charge in [-0.15, -0.1) is 0 Å². The normalized spacial score (nSPS) is 24.5. The van der Waals surface area contributed by atoms with E-state index in [1.54, 1.807) is 17.0 Å². The first-order valence-corrected chi connectivity index (χ1v) is 9.53. The lowest BCUT2D eigenvalue weighted by Crippen LogP contribution is -2.61. The molecule has 0 aromatic heterocycles. The number of carbonyl (C=O) groups excluding carboxylic acids is 2. The largest absolute Gasteiger partial charge is 0.372 e. The summed E-state index contributed by atoms with van der Waals surface area (Å²) in [5.41, 5.74) is -1.43. The van der Waals surface area contributed by atoms with Crippen molar-refractivity contribution in [2.45, 2.75) is 57.1 Å². The van der Waals surface area contributed by atoms with E-state index in [0.717, 1.165) is 12.8 Å². The highest BCUT2D eigenvalue weighted by atomic mass is 19.1. The van der Waals surface area contributed by atoms with Gasteiger partial charge in [-0.1, -0.05) is 31.4 Å². The molecule has 142 valence electrons. The molecule has 0 radical (unpaired) electrons. The van der Waals surface area contributed by atoms with Crippen LogP contribution in [0.2, 0.25) is 0 Å². The van der Waals surface area contributed by atoms with E-state index in [9.17, 15) is 19.1 Å². The van der Waals surface area contributed by atoms with Crippen molar-refractivity contribution in [1.82, 2.24) is 10.2 Å². The van der Waals surface area contributed by atoms with Crippen LogP contribution in [0.1, 0.15) is 50.5 Å². The summed E-state index contributed by atoms with van der Waals surface area (Å²) < 4.78 is 13.2. The minimum atomic E-state index is -2.01. The van der Waals surface area contributed by atoms with Gasteiger partial charge in [-0.25, -0.2) is 4.39 Å². The van der Waals surface area contributed by atoms with Crippen molar-refractivity contribution in [3.63, 3.8) is 0 Å². The summed E-state index contributed by atoms with van der Waals surface area (Å²) >= 11 is 0. The second-order valence-corrected chi connectivity index (χ2v) is 7.53. The van der Waals surface area contributed by atoms with Crippen LogP contribution in [0.3, 0.4) is 0 Å². The van der Waals surface area contributed by atoms with Crippen molar-refractivity contribution in [1.29, 1.82) is 0 Å². The van der Waals surface area contributed by atoms with Crippen molar-refractivity contribution in [3.8, 4) is 0 Å². The molecule has 2 amide bonds. The number of likely N-dealkylation sites (tertiary alicyclic amines) is 1. The van der Waals surface area contributed by atoms with Crippen LogP contribution >= 0.6 is 0 Å². The van der Waals surface area contributed by atoms with Gasteiger partial charge < -0.3 is 15.3 Å². The summed E-state index contributed by atoms with van der Waals surface area (Å²) in [6.07, 6.45) is 6.55. The van der Waals surface area contributed by atoms with Gasteiger partial charge in [-0.2, -0.15) is 0 Å². The molecule has 1 saturated carbocycles. The molecule has 0 spiro atoms. The standard InChI is InChI=1S/C20H27FN2O3/c21-17-9-4-8-16(12-17)13-22-18(24)20(26)10-5-11-23(19(20)25)14-15-6-2-1-3-7-15/h4,8-9,12,15,26H,1-3,5-7,10-11,13-14H2,(H,22,24). The van der Waals surface area contributed by atoms with Gasteiger partial charge in [0.2, 0.25) is 5.60 Å². The number of halogens is 1. The zero-order valence-corrected chi connectivity index (χ0v) is 15.0. The molecule has 2 aliphatic rings. The number of carbonyl (C=O) groups is 2. The van der Waals surface area contributed by atoms with Crippen LogP contribution in [0.5, 0.6) is 0 Å². The molecule has 1 atom stereocenters. The van der Waals surface area contributed by atoms with Gasteiger partial charge >= 0.3 is 0 Å². The molecule has 1 heterocycles. The number of amides is 2. The number of hydrogen-bond donors (Lipinski definition) is 2. The molecule has 1 unspecified atom stereocenters. The second kappa shape index (κ2) is 8.16. The molecule has 1 aliphatic heterocycles. The van der Waals surface area contributed by atoms with Crippen molar-refractivity contribution in [2.75, 3.05) is 13.1 Å². The fourth-order valence-electron chi connectivity index (χ4n) is 4.04. The fourth-order valence-corrected chi connectivity index (χ4v) is 4.04. The fraction of sp³-hybridized carbons (Fsp3) is 0.600. The average molecular weight is 362 g/mol. The smallest absolute Gasteiger partial charge is 0.264 e. The van der Waals surface area contributed by atoms with Crippen LogP contribution in [-0.2, 0) is 16.1 Å². The van der Waals surface area contributed by atoms with E-state index < -0.39 is 17.4 Å². The van der Waals surface area contributed by atoms with Gasteiger partial charge in [0, 0.05) is 19.6 Å². The van der Waals surface area contributed by atoms with Gasteiger partial charge in [0.15, 0.2) is 0 Å². The van der Waals surface area contributed by atoms with Crippen LogP contribution in [-0.4, -0.2) is 40.5 Å². The summed E-state index contributed by atoms with van der Waals surface area (Å²) in [6, 6.07) is 5.89. The van der Waals surface area contributed by atoms with E-state index in [4.69, 9.17) is 0 Å². The van der Waals surface area contributed by atoms with Crippen molar-refractivity contribution in [2.24, 2.45) is 5.92 Å². The SMILES string of the molecule is O=C(NCc1cccc(F)c1)C1(O)CCCN(CC2CCCCC2)C1=O. The molecule has 0 bridgehead atoms. The minimum absolute atomic E-state index is 0.0782. The molecular weight excluding hydrogens is 335 g/mol. The number of nitrogens with zero attached hydrogens (tertiary/aromatic N) is 1. The lowest BCUT2D eigenvalue weighted by atomic mass is 9.86. The van der Waals surface area contributed by atoms with E-state index in [2.05, 4.69) is 5.32 Å². The van der Waals surface area contributed by atoms with Gasteiger partial charge in [-0.3, -0.25) is 9.59 Å². The summed E-state index contributed by atoms with van der Waals surface area (Å²) in [7, 11) is 0. The molecule has 1 saturated heterocycles. The number of nitrogens with one attached hydrogen (secondary N) is 1. The average Bonchev–Trinajstić information content (AvgIpc) is 2.64. The van der Waals surface area contributed by atoms with Crippen LogP contribution in [0, 0.1) is 11.7 Å². The predicted molar refractivity (Wildman–Crippen MR) is 95.6 cm³/mol. The van der Waals surface area contributed by atoms with E-state index in [1.165, 1.54) is 31.4 Å². The molecule has 6 heteroatoms. The highest BCUT2D eigenvalue weighted by Gasteiger charge is 2.48. The molecule has 5 nitrogen and oxygen atoms in total. The van der Waals surface area contributed by atoms with Gasteiger partial charge in [-0.05, 0) is 49.3 Å². The topological polar surface area (TPSA) is 69.6 Å². The van der Waals surface area contributed by atoms with Gasteiger partial charge in [0.25, 0.3) is 11.8 Å². The van der Waals surface area contributed by atoms with E-state index in [1.807, 2.05) is 0 Å². The highest BCUT2D eigenvalue weighted by molar-refractivity contribution is 6.08. The Hall–Kier alpha value is -1.95. The maximum absolute atomic E-state index is 13.2. The molecule has 1 aliphatic carbocycles. The Morgan fingerprint density at radius 1 is 1.27 bits per heavy atom. The summed E-state index contributed by atoms with van der Waals surface area (Å²) in [5.74, 6) is -1.11. The van der Waals surface area contributed by atoms with Gasteiger partial charge in [0.05, 0.1) is 0 Å². The minimum Gasteiger partial charge on any atom is -0.372 e. The van der Waals surface area contributed by atoms with Crippen LogP contribution < -0.4 is 5.32 Å². The molecule has 3 rings (SSSR count). The molecule has 1 aromatic carbocycles. The van der Waals surface area contributed by atoms with Crippen molar-refractivity contribution in [3.05, 3.63) is 35.6 Å². The Labute approximate surface area is 153 Å². The summed E-state index contributed by atoms with van der Waals surface area (Å²) in [6.45, 7) is 1.29. The highest BCUT2D eigenvalue weighted by Crippen LogP contribution is 2.28. The zero-order valence-electron chi connectivity index (χ0n) is 15.0. The molecule has 26 heavy (non-hydrogen) atoms. The Balaban J connectivity index is 1.61. The van der Waals surface area contributed by atoms with Crippen molar-refractivity contribution >= 4 is 11.8 Å². The third kappa shape index (κ3) is 4.23. The zero-order chi connectivity index (χ0) is 18.6. The first kappa shape index (κ1) is 18.8. The summed E-state index contributed by atoms with van der Waals surface area (Å²) in [4.78, 5) is 27.0. The maximum atomic E-state index is 13.2. The van der Waals surface area contributed by atoms with Crippen LogP contribution in [0.25, 0.3) is 0 Å². The number of benzene rings is 1. The van der Waals surface area contributed by atoms with E-state index in [0.29, 0.717) is 31.0 Å². The third-order valence-corrected chi connectivity index (χ3v) is 5.53. The molecular formula is C20H27FN2O3. The first-order valence-electron chi connectivity index (χ1n) is 9.53. The van der Waals surface area contributed by atoms with E-state index >= 15 is 0 Å². The number of piperidine rings is 1. The summed E-state index contributed by atoms with van der Waals surface area (Å²) in [5, 5.41) is 13.4. The quantitative estimate of drug-likeness (QED) is 0.790. The second-order valence-electron chi connectivity index (χ2n) is 7.53. The molecule has 1 aromatic rings. The van der Waals surface area contributed by atoms with E-state index in [-0.39, 0.29) is 18.8 Å². The Kier molecular flexibility index (Phi) is 5.91.